The van der Waals surface area contributed by atoms with Gasteiger partial charge in [-0.05, 0) is 12.5 Å². The van der Waals surface area contributed by atoms with E-state index in [1.807, 2.05) is 13.0 Å². The Bertz CT molecular complexity index is 373. The number of ether oxygens (including phenoxy) is 1. The molecule has 0 amide bonds. The molecule has 74 valence electrons. The third-order valence-electron chi connectivity index (χ3n) is 1.63. The molecular weight excluding hydrogens is 218 g/mol. The fourth-order valence-electron chi connectivity index (χ4n) is 0.956. The van der Waals surface area contributed by atoms with Crippen molar-refractivity contribution < 1.29 is 4.74 Å². The Morgan fingerprint density at radius 3 is 2.86 bits per heavy atom. The van der Waals surface area contributed by atoms with E-state index in [2.05, 4.69) is 12.6 Å². The Morgan fingerprint density at radius 1 is 1.57 bits per heavy atom. The quantitative estimate of drug-likeness (QED) is 0.804. The Morgan fingerprint density at radius 2 is 2.29 bits per heavy atom. The van der Waals surface area contributed by atoms with Crippen LogP contribution in [0.2, 0.25) is 5.02 Å². The highest BCUT2D eigenvalue weighted by molar-refractivity contribution is 7.80. The maximum Gasteiger partial charge on any atom is 0.134 e. The molecule has 0 saturated carbocycles. The molecular formula is C10H10ClNOS. The van der Waals surface area contributed by atoms with Crippen LogP contribution in [0.25, 0.3) is 0 Å². The van der Waals surface area contributed by atoms with Crippen molar-refractivity contribution in [3.8, 4) is 11.8 Å². The molecule has 0 radical (unpaired) electrons. The van der Waals surface area contributed by atoms with Gasteiger partial charge in [-0.1, -0.05) is 18.5 Å². The molecule has 0 heterocycles. The van der Waals surface area contributed by atoms with E-state index in [0.717, 1.165) is 6.42 Å². The molecule has 0 spiro atoms. The minimum Gasteiger partial charge on any atom is -0.492 e. The first-order chi connectivity index (χ1) is 6.69. The van der Waals surface area contributed by atoms with E-state index >= 15 is 0 Å². The average molecular weight is 228 g/mol. The summed E-state index contributed by atoms with van der Waals surface area (Å²) in [6.45, 7) is 2.62. The van der Waals surface area contributed by atoms with Crippen molar-refractivity contribution in [1.82, 2.24) is 0 Å². The number of rotatable bonds is 3. The lowest BCUT2D eigenvalue weighted by Gasteiger charge is -2.08. The molecule has 1 aromatic carbocycles. The zero-order chi connectivity index (χ0) is 10.6. The summed E-state index contributed by atoms with van der Waals surface area (Å²) in [5.41, 5.74) is 0.413. The predicted molar refractivity (Wildman–Crippen MR) is 59.2 cm³/mol. The summed E-state index contributed by atoms with van der Waals surface area (Å²) in [6.07, 6.45) is 0.914. The molecule has 0 aliphatic carbocycles. The summed E-state index contributed by atoms with van der Waals surface area (Å²) in [5.74, 6) is 0.608. The molecule has 0 unspecified atom stereocenters. The second-order valence-electron chi connectivity index (χ2n) is 2.76. The third-order valence-corrected chi connectivity index (χ3v) is 2.29. The monoisotopic (exact) mass is 227 g/mol. The molecule has 0 N–H and O–H groups in total. The van der Waals surface area contributed by atoms with Gasteiger partial charge in [0.15, 0.2) is 0 Å². The molecule has 0 saturated heterocycles. The summed E-state index contributed by atoms with van der Waals surface area (Å²) in [6, 6.07) is 5.22. The molecule has 0 bridgehead atoms. The molecule has 1 rings (SSSR count). The molecule has 14 heavy (non-hydrogen) atoms. The van der Waals surface area contributed by atoms with Crippen molar-refractivity contribution in [2.45, 2.75) is 18.2 Å². The number of nitrogens with zero attached hydrogens (tertiary/aromatic N) is 1. The van der Waals surface area contributed by atoms with Crippen molar-refractivity contribution in [1.29, 1.82) is 5.26 Å². The van der Waals surface area contributed by atoms with E-state index in [-0.39, 0.29) is 0 Å². The zero-order valence-corrected chi connectivity index (χ0v) is 9.40. The second-order valence-corrected chi connectivity index (χ2v) is 3.65. The fourth-order valence-corrected chi connectivity index (χ4v) is 1.50. The van der Waals surface area contributed by atoms with E-state index < -0.39 is 0 Å². The molecule has 4 heteroatoms. The molecule has 0 aliphatic heterocycles. The van der Waals surface area contributed by atoms with Gasteiger partial charge in [-0.2, -0.15) is 5.26 Å². The van der Waals surface area contributed by atoms with Crippen LogP contribution in [0.5, 0.6) is 5.75 Å². The summed E-state index contributed by atoms with van der Waals surface area (Å²) in [4.78, 5) is 0.655. The zero-order valence-electron chi connectivity index (χ0n) is 7.75. The van der Waals surface area contributed by atoms with Crippen LogP contribution in [0.15, 0.2) is 17.0 Å². The van der Waals surface area contributed by atoms with Crippen molar-refractivity contribution in [3.63, 3.8) is 0 Å². The van der Waals surface area contributed by atoms with Gasteiger partial charge in [0, 0.05) is 11.0 Å². The summed E-state index contributed by atoms with van der Waals surface area (Å²) >= 11 is 10.0. The van der Waals surface area contributed by atoms with Gasteiger partial charge in [-0.25, -0.2) is 0 Å². The molecule has 0 fully saturated rings. The van der Waals surface area contributed by atoms with Crippen LogP contribution in [-0.4, -0.2) is 6.61 Å². The highest BCUT2D eigenvalue weighted by Crippen LogP contribution is 2.29. The first-order valence-electron chi connectivity index (χ1n) is 4.24. The average Bonchev–Trinajstić information content (AvgIpc) is 2.17. The predicted octanol–water partition coefficient (Wildman–Crippen LogP) is 3.29. The second kappa shape index (κ2) is 5.14. The van der Waals surface area contributed by atoms with Crippen LogP contribution in [0, 0.1) is 11.3 Å². The van der Waals surface area contributed by atoms with Crippen LogP contribution < -0.4 is 4.74 Å². The van der Waals surface area contributed by atoms with E-state index in [1.54, 1.807) is 12.1 Å². The molecule has 0 atom stereocenters. The minimum atomic E-state index is 0.404. The number of halogens is 1. The summed E-state index contributed by atoms with van der Waals surface area (Å²) in [5, 5.41) is 9.15. The Kier molecular flexibility index (Phi) is 4.12. The Balaban J connectivity index is 3.00. The van der Waals surface area contributed by atoms with Gasteiger partial charge < -0.3 is 4.74 Å². The van der Waals surface area contributed by atoms with Crippen molar-refractivity contribution in [2.75, 3.05) is 6.61 Å². The van der Waals surface area contributed by atoms with E-state index in [1.165, 1.54) is 0 Å². The van der Waals surface area contributed by atoms with E-state index in [0.29, 0.717) is 27.8 Å². The maximum atomic E-state index is 8.74. The van der Waals surface area contributed by atoms with Crippen LogP contribution >= 0.6 is 24.2 Å². The molecule has 0 aromatic heterocycles. The van der Waals surface area contributed by atoms with Gasteiger partial charge in [-0.3, -0.25) is 0 Å². The largest absolute Gasteiger partial charge is 0.492 e. The standard InChI is InChI=1S/C10H10ClNOS/c1-2-3-13-9-4-7(6-12)8(11)5-10(9)14/h4-5,14H,2-3H2,1H3. The van der Waals surface area contributed by atoms with Gasteiger partial charge in [0.05, 0.1) is 17.2 Å². The highest BCUT2D eigenvalue weighted by Gasteiger charge is 2.06. The van der Waals surface area contributed by atoms with Gasteiger partial charge in [0.2, 0.25) is 0 Å². The SMILES string of the molecule is CCCOc1cc(C#N)c(Cl)cc1S. The number of hydrogen-bond donors (Lipinski definition) is 1. The Labute approximate surface area is 93.9 Å². The molecule has 1 aromatic rings. The van der Waals surface area contributed by atoms with Gasteiger partial charge in [0.1, 0.15) is 11.8 Å². The lowest BCUT2D eigenvalue weighted by atomic mass is 10.2. The Hall–Kier alpha value is -0.850. The molecule has 0 aliphatic rings. The summed E-state index contributed by atoms with van der Waals surface area (Å²) < 4.78 is 5.40. The molecule has 2 nitrogen and oxygen atoms in total. The van der Waals surface area contributed by atoms with Gasteiger partial charge >= 0.3 is 0 Å². The normalized spacial score (nSPS) is 9.57. The van der Waals surface area contributed by atoms with Crippen LogP contribution in [0.3, 0.4) is 0 Å². The minimum absolute atomic E-state index is 0.404. The third kappa shape index (κ3) is 2.57. The van der Waals surface area contributed by atoms with E-state index in [9.17, 15) is 0 Å². The van der Waals surface area contributed by atoms with Crippen molar-refractivity contribution in [3.05, 3.63) is 22.7 Å². The number of hydrogen-bond acceptors (Lipinski definition) is 3. The van der Waals surface area contributed by atoms with Gasteiger partial charge in [-0.15, -0.1) is 12.6 Å². The van der Waals surface area contributed by atoms with Crippen LogP contribution in [0.4, 0.5) is 0 Å². The van der Waals surface area contributed by atoms with Crippen LogP contribution in [-0.2, 0) is 0 Å². The van der Waals surface area contributed by atoms with Crippen molar-refractivity contribution >= 4 is 24.2 Å². The van der Waals surface area contributed by atoms with Gasteiger partial charge in [0.25, 0.3) is 0 Å². The lowest BCUT2D eigenvalue weighted by molar-refractivity contribution is 0.310. The highest BCUT2D eigenvalue weighted by atomic mass is 35.5. The first-order valence-corrected chi connectivity index (χ1v) is 5.07. The topological polar surface area (TPSA) is 33.0 Å². The smallest absolute Gasteiger partial charge is 0.134 e. The summed E-state index contributed by atoms with van der Waals surface area (Å²) in [7, 11) is 0. The van der Waals surface area contributed by atoms with E-state index in [4.69, 9.17) is 21.6 Å². The number of benzene rings is 1. The van der Waals surface area contributed by atoms with Crippen LogP contribution in [0.1, 0.15) is 18.9 Å². The number of thiol groups is 1. The van der Waals surface area contributed by atoms with Crippen molar-refractivity contribution in [2.24, 2.45) is 0 Å². The fraction of sp³-hybridized carbons (Fsp3) is 0.300. The number of nitriles is 1. The first kappa shape index (κ1) is 11.2. The maximum absolute atomic E-state index is 8.74. The lowest BCUT2D eigenvalue weighted by Crippen LogP contribution is -1.96.